The molecule has 1 aliphatic rings. The van der Waals surface area contributed by atoms with Gasteiger partial charge in [0.15, 0.2) is 5.16 Å². The van der Waals surface area contributed by atoms with Gasteiger partial charge in [-0.25, -0.2) is 14.5 Å². The van der Waals surface area contributed by atoms with E-state index in [1.807, 2.05) is 6.20 Å². The third kappa shape index (κ3) is 7.35. The Hall–Kier alpha value is -0.500. The third-order valence-electron chi connectivity index (χ3n) is 3.11. The number of hydrogen-bond acceptors (Lipinski definition) is 5. The number of rotatable bonds is 3. The van der Waals surface area contributed by atoms with Crippen LogP contribution in [-0.4, -0.2) is 55.4 Å². The van der Waals surface area contributed by atoms with Gasteiger partial charge in [-0.05, 0) is 44.7 Å². The highest BCUT2D eigenvalue weighted by Crippen LogP contribution is 2.26. The van der Waals surface area contributed by atoms with Crippen LogP contribution in [0.1, 0.15) is 24.6 Å². The average molecular weight is 335 g/mol. The fourth-order valence-electron chi connectivity index (χ4n) is 2.11. The molecule has 9 heteroatoms. The van der Waals surface area contributed by atoms with E-state index in [1.165, 1.54) is 17.7 Å². The summed E-state index contributed by atoms with van der Waals surface area (Å²) in [5.41, 5.74) is 2.61. The highest BCUT2D eigenvalue weighted by molar-refractivity contribution is 7.99. The summed E-state index contributed by atoms with van der Waals surface area (Å²) in [7, 11) is -0.338. The number of likely N-dealkylation sites (N-methyl/N-ethyl adjacent to an activating group) is 1. The van der Waals surface area contributed by atoms with Gasteiger partial charge in [0.05, 0.1) is 0 Å². The van der Waals surface area contributed by atoms with Crippen molar-refractivity contribution in [3.05, 3.63) is 17.5 Å². The van der Waals surface area contributed by atoms with E-state index in [-0.39, 0.29) is 0 Å². The van der Waals surface area contributed by atoms with Crippen molar-refractivity contribution >= 4 is 19.6 Å². The third-order valence-corrected chi connectivity index (χ3v) is 3.85. The molecule has 7 nitrogen and oxygen atoms in total. The number of aromatic nitrogens is 2. The quantitative estimate of drug-likeness (QED) is 0.428. The number of nitrogens with zero attached hydrogens (tertiary/aromatic N) is 3. The number of aryl methyl sites for hydroxylation is 1. The molecular formula is C12H22N3O4PS. The predicted octanol–water partition coefficient (Wildman–Crippen LogP) is 1.08. The Morgan fingerprint density at radius 3 is 2.57 bits per heavy atom. The monoisotopic (exact) mass is 335 g/mol. The van der Waals surface area contributed by atoms with Crippen molar-refractivity contribution in [3.63, 3.8) is 0 Å². The first kappa shape index (κ1) is 18.5. The van der Waals surface area contributed by atoms with Gasteiger partial charge in [-0.2, -0.15) is 0 Å². The lowest BCUT2D eigenvalue weighted by Crippen LogP contribution is -2.34. The minimum absolute atomic E-state index is 0.653. The van der Waals surface area contributed by atoms with Gasteiger partial charge in [0.1, 0.15) is 0 Å². The Labute approximate surface area is 129 Å². The molecule has 1 aromatic rings. The highest BCUT2D eigenvalue weighted by atomic mass is 32.2. The van der Waals surface area contributed by atoms with Crippen LogP contribution < -0.4 is 0 Å². The molecule has 0 saturated heterocycles. The molecule has 0 spiro atoms. The van der Waals surface area contributed by atoms with E-state index in [4.69, 9.17) is 19.2 Å². The SMILES string of the molecule is CCSc1ncc2c(n1)CCC(N(C)C)C2.O=P(O)(O)O. The van der Waals surface area contributed by atoms with Crippen LogP contribution in [0.4, 0.5) is 0 Å². The summed E-state index contributed by atoms with van der Waals surface area (Å²) in [6.45, 7) is 2.13. The number of hydrogen-bond donors (Lipinski definition) is 3. The first-order valence-corrected chi connectivity index (χ1v) is 9.18. The topological polar surface area (TPSA) is 107 Å². The van der Waals surface area contributed by atoms with E-state index in [9.17, 15) is 0 Å². The van der Waals surface area contributed by atoms with Gasteiger partial charge in [0.2, 0.25) is 0 Å². The largest absolute Gasteiger partial charge is 0.466 e. The lowest BCUT2D eigenvalue weighted by Gasteiger charge is -2.29. The summed E-state index contributed by atoms with van der Waals surface area (Å²) < 4.78 is 8.88. The van der Waals surface area contributed by atoms with Crippen molar-refractivity contribution in [1.82, 2.24) is 14.9 Å². The molecule has 1 heterocycles. The van der Waals surface area contributed by atoms with E-state index < -0.39 is 7.82 Å². The summed E-state index contributed by atoms with van der Waals surface area (Å²) in [5.74, 6) is 1.04. The second-order valence-electron chi connectivity index (χ2n) is 4.93. The Kier molecular flexibility index (Phi) is 7.26. The van der Waals surface area contributed by atoms with Gasteiger partial charge in [-0.1, -0.05) is 18.7 Å². The Bertz CT molecular complexity index is 501. The van der Waals surface area contributed by atoms with Gasteiger partial charge in [-0.3, -0.25) is 0 Å². The van der Waals surface area contributed by atoms with Crippen LogP contribution in [0.25, 0.3) is 0 Å². The van der Waals surface area contributed by atoms with E-state index in [0.29, 0.717) is 6.04 Å². The highest BCUT2D eigenvalue weighted by Gasteiger charge is 2.21. The molecule has 3 N–H and O–H groups in total. The number of phosphoric acid groups is 1. The first-order chi connectivity index (χ1) is 9.70. The van der Waals surface area contributed by atoms with E-state index in [0.717, 1.165) is 23.8 Å². The normalized spacial score (nSPS) is 18.0. The zero-order valence-electron chi connectivity index (χ0n) is 12.4. The summed E-state index contributed by atoms with van der Waals surface area (Å²) in [6, 6.07) is 0.653. The van der Waals surface area contributed by atoms with Gasteiger partial charge in [0, 0.05) is 17.9 Å². The molecule has 0 bridgehead atoms. The summed E-state index contributed by atoms with van der Waals surface area (Å²) in [6.07, 6.45) is 5.43. The zero-order valence-corrected chi connectivity index (χ0v) is 14.1. The Balaban J connectivity index is 0.000000383. The Morgan fingerprint density at radius 2 is 2.05 bits per heavy atom. The minimum Gasteiger partial charge on any atom is -0.306 e. The smallest absolute Gasteiger partial charge is 0.306 e. The maximum absolute atomic E-state index is 8.88. The predicted molar refractivity (Wildman–Crippen MR) is 82.2 cm³/mol. The maximum atomic E-state index is 8.88. The molecule has 0 saturated carbocycles. The summed E-state index contributed by atoms with van der Waals surface area (Å²) in [4.78, 5) is 32.9. The molecule has 120 valence electrons. The lowest BCUT2D eigenvalue weighted by molar-refractivity contribution is 0.266. The van der Waals surface area contributed by atoms with Crippen LogP contribution in [0.5, 0.6) is 0 Å². The van der Waals surface area contributed by atoms with Crippen LogP contribution in [0.15, 0.2) is 11.4 Å². The standard InChI is InChI=1S/C12H19N3S.H3O4P/c1-4-16-12-13-8-9-7-10(15(2)3)5-6-11(9)14-12;1-5(2,3)4/h8,10H,4-7H2,1-3H3;(H3,1,2,3,4). The molecule has 0 fully saturated rings. The minimum atomic E-state index is -4.64. The Morgan fingerprint density at radius 1 is 1.43 bits per heavy atom. The summed E-state index contributed by atoms with van der Waals surface area (Å²) in [5, 5.41) is 0.935. The molecule has 0 aliphatic heterocycles. The van der Waals surface area contributed by atoms with E-state index in [1.54, 1.807) is 11.8 Å². The van der Waals surface area contributed by atoms with Crippen molar-refractivity contribution in [2.75, 3.05) is 19.8 Å². The van der Waals surface area contributed by atoms with Crippen LogP contribution >= 0.6 is 19.6 Å². The van der Waals surface area contributed by atoms with Gasteiger partial charge >= 0.3 is 7.82 Å². The molecule has 2 rings (SSSR count). The van der Waals surface area contributed by atoms with Crippen LogP contribution in [0.2, 0.25) is 0 Å². The molecule has 1 aromatic heterocycles. The fraction of sp³-hybridized carbons (Fsp3) is 0.667. The maximum Gasteiger partial charge on any atom is 0.466 e. The first-order valence-electron chi connectivity index (χ1n) is 6.63. The van der Waals surface area contributed by atoms with Crippen LogP contribution in [-0.2, 0) is 17.4 Å². The van der Waals surface area contributed by atoms with Gasteiger partial charge < -0.3 is 19.6 Å². The van der Waals surface area contributed by atoms with E-state index >= 15 is 0 Å². The fourth-order valence-corrected chi connectivity index (χ4v) is 2.67. The number of thioether (sulfide) groups is 1. The molecule has 0 amide bonds. The van der Waals surface area contributed by atoms with Gasteiger partial charge in [-0.15, -0.1) is 0 Å². The molecule has 0 radical (unpaired) electrons. The van der Waals surface area contributed by atoms with Crippen molar-refractivity contribution in [2.45, 2.75) is 37.4 Å². The van der Waals surface area contributed by atoms with Crippen LogP contribution in [0.3, 0.4) is 0 Å². The van der Waals surface area contributed by atoms with Crippen molar-refractivity contribution in [2.24, 2.45) is 0 Å². The molecule has 1 aliphatic carbocycles. The summed E-state index contributed by atoms with van der Waals surface area (Å²) >= 11 is 1.72. The van der Waals surface area contributed by atoms with Crippen molar-refractivity contribution in [3.8, 4) is 0 Å². The van der Waals surface area contributed by atoms with Crippen molar-refractivity contribution in [1.29, 1.82) is 0 Å². The molecule has 1 atom stereocenters. The zero-order chi connectivity index (χ0) is 16.0. The number of fused-ring (bicyclic) bond motifs is 1. The lowest BCUT2D eigenvalue weighted by atomic mass is 9.92. The molecule has 21 heavy (non-hydrogen) atoms. The van der Waals surface area contributed by atoms with E-state index in [2.05, 4.69) is 35.9 Å². The molecule has 0 aromatic carbocycles. The molecular weight excluding hydrogens is 313 g/mol. The average Bonchev–Trinajstić information content (AvgIpc) is 2.36. The second kappa shape index (κ2) is 8.22. The van der Waals surface area contributed by atoms with Crippen LogP contribution in [0, 0.1) is 0 Å². The molecule has 1 unspecified atom stereocenters. The van der Waals surface area contributed by atoms with Gasteiger partial charge in [0.25, 0.3) is 0 Å². The second-order valence-corrected chi connectivity index (χ2v) is 7.19. The van der Waals surface area contributed by atoms with Crippen molar-refractivity contribution < 1.29 is 19.2 Å².